The number of rotatable bonds is 6. The van der Waals surface area contributed by atoms with Gasteiger partial charge >= 0.3 is 0 Å². The number of aryl methyl sites for hydroxylation is 3. The first-order valence-electron chi connectivity index (χ1n) is 7.78. The highest BCUT2D eigenvalue weighted by molar-refractivity contribution is 6.33. The highest BCUT2D eigenvalue weighted by Gasteiger charge is 2.06. The Balaban J connectivity index is 1.78. The van der Waals surface area contributed by atoms with E-state index in [9.17, 15) is 4.79 Å². The lowest BCUT2D eigenvalue weighted by Gasteiger charge is -2.12. The summed E-state index contributed by atoms with van der Waals surface area (Å²) >= 11 is 6.24. The average molecular weight is 331 g/mol. The molecule has 4 heteroatoms. The van der Waals surface area contributed by atoms with Gasteiger partial charge in [0, 0.05) is 19.5 Å². The normalized spacial score (nSPS) is 10.4. The molecule has 0 radical (unpaired) electrons. The summed E-state index contributed by atoms with van der Waals surface area (Å²) in [5.41, 5.74) is 5.46. The molecule has 0 unspecified atom stereocenters. The molecule has 2 N–H and O–H groups in total. The zero-order valence-corrected chi connectivity index (χ0v) is 14.6. The van der Waals surface area contributed by atoms with Gasteiger partial charge < -0.3 is 10.6 Å². The highest BCUT2D eigenvalue weighted by atomic mass is 35.5. The molecular formula is C19H23ClN2O. The van der Waals surface area contributed by atoms with Gasteiger partial charge in [0.05, 0.1) is 10.7 Å². The monoisotopic (exact) mass is 330 g/mol. The number of benzene rings is 2. The van der Waals surface area contributed by atoms with Crippen LogP contribution in [0.15, 0.2) is 36.4 Å². The molecule has 23 heavy (non-hydrogen) atoms. The standard InChI is InChI=1S/C19H23ClN2O/c1-13-4-6-16(7-5-13)12-22-18(23)8-9-21-19-15(3)10-14(2)11-17(19)20/h4-7,10-11,21H,8-9,12H2,1-3H3,(H,22,23). The molecule has 0 aliphatic rings. The number of hydrogen-bond donors (Lipinski definition) is 2. The third kappa shape index (κ3) is 5.29. The summed E-state index contributed by atoms with van der Waals surface area (Å²) < 4.78 is 0. The number of amides is 1. The van der Waals surface area contributed by atoms with Crippen molar-refractivity contribution in [3.63, 3.8) is 0 Å². The van der Waals surface area contributed by atoms with Crippen molar-refractivity contribution in [2.75, 3.05) is 11.9 Å². The predicted octanol–water partition coefficient (Wildman–Crippen LogP) is 4.38. The van der Waals surface area contributed by atoms with E-state index in [0.717, 1.165) is 22.4 Å². The quantitative estimate of drug-likeness (QED) is 0.825. The lowest BCUT2D eigenvalue weighted by molar-refractivity contribution is -0.121. The van der Waals surface area contributed by atoms with Gasteiger partial charge in [-0.05, 0) is 43.5 Å². The van der Waals surface area contributed by atoms with E-state index >= 15 is 0 Å². The van der Waals surface area contributed by atoms with Crippen LogP contribution in [0.5, 0.6) is 0 Å². The van der Waals surface area contributed by atoms with Crippen LogP contribution < -0.4 is 10.6 Å². The van der Waals surface area contributed by atoms with Crippen molar-refractivity contribution in [1.29, 1.82) is 0 Å². The number of anilines is 1. The molecular weight excluding hydrogens is 308 g/mol. The van der Waals surface area contributed by atoms with E-state index in [2.05, 4.69) is 16.7 Å². The maximum Gasteiger partial charge on any atom is 0.222 e. The Labute approximate surface area is 143 Å². The van der Waals surface area contributed by atoms with Crippen LogP contribution in [-0.2, 0) is 11.3 Å². The molecule has 0 heterocycles. The van der Waals surface area contributed by atoms with E-state index in [0.29, 0.717) is 24.5 Å². The maximum absolute atomic E-state index is 11.9. The Hall–Kier alpha value is -2.00. The Bertz CT molecular complexity index is 657. The van der Waals surface area contributed by atoms with E-state index in [1.165, 1.54) is 5.56 Å². The van der Waals surface area contributed by atoms with E-state index < -0.39 is 0 Å². The fraction of sp³-hybridized carbons (Fsp3) is 0.316. The molecule has 0 aromatic heterocycles. The van der Waals surface area contributed by atoms with Gasteiger partial charge in [-0.1, -0.05) is 47.5 Å². The smallest absolute Gasteiger partial charge is 0.222 e. The molecule has 0 spiro atoms. The van der Waals surface area contributed by atoms with Crippen molar-refractivity contribution in [1.82, 2.24) is 5.32 Å². The molecule has 2 rings (SSSR count). The number of hydrogen-bond acceptors (Lipinski definition) is 2. The second kappa shape index (κ2) is 8.02. The fourth-order valence-corrected chi connectivity index (χ4v) is 2.82. The van der Waals surface area contributed by atoms with Gasteiger partial charge in [-0.25, -0.2) is 0 Å². The lowest BCUT2D eigenvalue weighted by Crippen LogP contribution is -2.25. The Morgan fingerprint density at radius 2 is 1.74 bits per heavy atom. The summed E-state index contributed by atoms with van der Waals surface area (Å²) in [6.07, 6.45) is 0.412. The molecule has 2 aromatic rings. The first-order valence-corrected chi connectivity index (χ1v) is 8.16. The zero-order chi connectivity index (χ0) is 16.8. The average Bonchev–Trinajstić information content (AvgIpc) is 2.49. The highest BCUT2D eigenvalue weighted by Crippen LogP contribution is 2.27. The van der Waals surface area contributed by atoms with E-state index in [4.69, 9.17) is 11.6 Å². The Morgan fingerprint density at radius 1 is 1.04 bits per heavy atom. The van der Waals surface area contributed by atoms with Crippen molar-refractivity contribution >= 4 is 23.2 Å². The first-order chi connectivity index (χ1) is 11.0. The molecule has 0 aliphatic heterocycles. The molecule has 122 valence electrons. The number of carbonyl (C=O) groups excluding carboxylic acids is 1. The van der Waals surface area contributed by atoms with E-state index in [1.807, 2.05) is 51.1 Å². The zero-order valence-electron chi connectivity index (χ0n) is 13.9. The fourth-order valence-electron chi connectivity index (χ4n) is 2.44. The van der Waals surface area contributed by atoms with Crippen LogP contribution >= 0.6 is 11.6 Å². The van der Waals surface area contributed by atoms with Gasteiger partial charge in [0.25, 0.3) is 0 Å². The minimum absolute atomic E-state index is 0.0268. The van der Waals surface area contributed by atoms with Gasteiger partial charge in [0.15, 0.2) is 0 Å². The third-order valence-electron chi connectivity index (χ3n) is 3.70. The van der Waals surface area contributed by atoms with Gasteiger partial charge in [-0.2, -0.15) is 0 Å². The Morgan fingerprint density at radius 3 is 2.39 bits per heavy atom. The molecule has 2 aromatic carbocycles. The van der Waals surface area contributed by atoms with Crippen molar-refractivity contribution in [3.05, 3.63) is 63.7 Å². The largest absolute Gasteiger partial charge is 0.383 e. The number of carbonyl (C=O) groups is 1. The van der Waals surface area contributed by atoms with Crippen LogP contribution in [-0.4, -0.2) is 12.5 Å². The summed E-state index contributed by atoms with van der Waals surface area (Å²) in [4.78, 5) is 11.9. The summed E-state index contributed by atoms with van der Waals surface area (Å²) in [6, 6.07) is 12.2. The molecule has 0 saturated heterocycles. The second-order valence-electron chi connectivity index (χ2n) is 5.88. The maximum atomic E-state index is 11.9. The lowest BCUT2D eigenvalue weighted by atomic mass is 10.1. The molecule has 0 bridgehead atoms. The Kier molecular flexibility index (Phi) is 6.05. The summed E-state index contributed by atoms with van der Waals surface area (Å²) in [6.45, 7) is 7.19. The van der Waals surface area contributed by atoms with Crippen LogP contribution in [0.3, 0.4) is 0 Å². The van der Waals surface area contributed by atoms with Gasteiger partial charge in [0.1, 0.15) is 0 Å². The van der Waals surface area contributed by atoms with E-state index in [1.54, 1.807) is 0 Å². The van der Waals surface area contributed by atoms with Crippen molar-refractivity contribution in [2.45, 2.75) is 33.7 Å². The second-order valence-corrected chi connectivity index (χ2v) is 6.28. The van der Waals surface area contributed by atoms with Crippen molar-refractivity contribution in [2.24, 2.45) is 0 Å². The third-order valence-corrected chi connectivity index (χ3v) is 3.99. The van der Waals surface area contributed by atoms with Crippen LogP contribution in [0, 0.1) is 20.8 Å². The molecule has 3 nitrogen and oxygen atoms in total. The van der Waals surface area contributed by atoms with Crippen LogP contribution in [0.1, 0.15) is 28.7 Å². The van der Waals surface area contributed by atoms with Crippen LogP contribution in [0.4, 0.5) is 5.69 Å². The SMILES string of the molecule is Cc1ccc(CNC(=O)CCNc2c(C)cc(C)cc2Cl)cc1. The predicted molar refractivity (Wildman–Crippen MR) is 97.1 cm³/mol. The van der Waals surface area contributed by atoms with Gasteiger partial charge in [-0.15, -0.1) is 0 Å². The van der Waals surface area contributed by atoms with Gasteiger partial charge in [0.2, 0.25) is 5.91 Å². The summed E-state index contributed by atoms with van der Waals surface area (Å²) in [7, 11) is 0. The van der Waals surface area contributed by atoms with Crippen molar-refractivity contribution in [3.8, 4) is 0 Å². The number of halogens is 1. The molecule has 0 atom stereocenters. The molecule has 0 saturated carbocycles. The topological polar surface area (TPSA) is 41.1 Å². The van der Waals surface area contributed by atoms with E-state index in [-0.39, 0.29) is 5.91 Å². The molecule has 0 fully saturated rings. The molecule has 1 amide bonds. The first kappa shape index (κ1) is 17.4. The van der Waals surface area contributed by atoms with Crippen molar-refractivity contribution < 1.29 is 4.79 Å². The number of nitrogens with one attached hydrogen (secondary N) is 2. The molecule has 0 aliphatic carbocycles. The van der Waals surface area contributed by atoms with Crippen LogP contribution in [0.25, 0.3) is 0 Å². The van der Waals surface area contributed by atoms with Gasteiger partial charge in [-0.3, -0.25) is 4.79 Å². The summed E-state index contributed by atoms with van der Waals surface area (Å²) in [5, 5.41) is 6.88. The minimum Gasteiger partial charge on any atom is -0.383 e. The van der Waals surface area contributed by atoms with Crippen LogP contribution in [0.2, 0.25) is 5.02 Å². The minimum atomic E-state index is 0.0268. The summed E-state index contributed by atoms with van der Waals surface area (Å²) in [5.74, 6) is 0.0268.